The zero-order valence-electron chi connectivity index (χ0n) is 13.2. The van der Waals surface area contributed by atoms with E-state index in [1.807, 2.05) is 4.90 Å². The molecule has 0 spiro atoms. The third kappa shape index (κ3) is 4.45. The van der Waals surface area contributed by atoms with Crippen molar-refractivity contribution in [3.8, 4) is 0 Å². The molecule has 1 saturated carbocycles. The van der Waals surface area contributed by atoms with Gasteiger partial charge in [0.1, 0.15) is 0 Å². The van der Waals surface area contributed by atoms with E-state index in [1.165, 1.54) is 25.8 Å². The van der Waals surface area contributed by atoms with Gasteiger partial charge in [0.15, 0.2) is 0 Å². The molecule has 0 atom stereocenters. The van der Waals surface area contributed by atoms with Crippen LogP contribution in [0.2, 0.25) is 0 Å². The van der Waals surface area contributed by atoms with Gasteiger partial charge in [-0.3, -0.25) is 9.69 Å². The Labute approximate surface area is 123 Å². The third-order valence-electron chi connectivity index (χ3n) is 4.85. The van der Waals surface area contributed by atoms with Crippen LogP contribution < -0.4 is 5.73 Å². The lowest BCUT2D eigenvalue weighted by Gasteiger charge is -2.36. The number of nitrogens with two attached hydrogens (primary N) is 1. The molecule has 116 valence electrons. The summed E-state index contributed by atoms with van der Waals surface area (Å²) in [6.45, 7) is 9.51. The van der Waals surface area contributed by atoms with Crippen LogP contribution >= 0.6 is 0 Å². The molecule has 1 heterocycles. The number of carbonyl (C=O) groups excluding carboxylic acids is 1. The molecule has 0 unspecified atom stereocenters. The average Bonchev–Trinajstić information content (AvgIpc) is 2.83. The standard InChI is InChI=1S/C16H31N3O/c1-14(2)5-8-18-9-11-19(12-10-18)15(20)13-16(17)6-3-4-7-16/h14H,3-13,17H2,1-2H3. The summed E-state index contributed by atoms with van der Waals surface area (Å²) in [5.74, 6) is 1.03. The Morgan fingerprint density at radius 1 is 1.15 bits per heavy atom. The first-order valence-corrected chi connectivity index (χ1v) is 8.27. The summed E-state index contributed by atoms with van der Waals surface area (Å²) in [6.07, 6.45) is 6.22. The van der Waals surface area contributed by atoms with Gasteiger partial charge in [-0.15, -0.1) is 0 Å². The van der Waals surface area contributed by atoms with Crippen molar-refractivity contribution in [2.24, 2.45) is 11.7 Å². The molecule has 2 N–H and O–H groups in total. The predicted octanol–water partition coefficient (Wildman–Crippen LogP) is 1.84. The molecule has 20 heavy (non-hydrogen) atoms. The second-order valence-corrected chi connectivity index (χ2v) is 7.15. The number of piperazine rings is 1. The quantitative estimate of drug-likeness (QED) is 0.836. The molecule has 4 heteroatoms. The SMILES string of the molecule is CC(C)CCN1CCN(C(=O)CC2(N)CCCC2)CC1. The third-order valence-corrected chi connectivity index (χ3v) is 4.85. The molecule has 4 nitrogen and oxygen atoms in total. The van der Waals surface area contributed by atoms with Crippen molar-refractivity contribution in [2.75, 3.05) is 32.7 Å². The maximum Gasteiger partial charge on any atom is 0.224 e. The molecular weight excluding hydrogens is 250 g/mol. The zero-order valence-corrected chi connectivity index (χ0v) is 13.2. The van der Waals surface area contributed by atoms with Crippen molar-refractivity contribution < 1.29 is 4.79 Å². The molecular formula is C16H31N3O. The fourth-order valence-corrected chi connectivity index (χ4v) is 3.33. The van der Waals surface area contributed by atoms with Crippen molar-refractivity contribution in [1.82, 2.24) is 9.80 Å². The molecule has 2 aliphatic rings. The normalized spacial score (nSPS) is 23.5. The molecule has 2 rings (SSSR count). The van der Waals surface area contributed by atoms with Gasteiger partial charge in [0.2, 0.25) is 5.91 Å². The van der Waals surface area contributed by atoms with Gasteiger partial charge in [-0.2, -0.15) is 0 Å². The lowest BCUT2D eigenvalue weighted by molar-refractivity contribution is -0.134. The average molecular weight is 281 g/mol. The summed E-state index contributed by atoms with van der Waals surface area (Å²) < 4.78 is 0. The topological polar surface area (TPSA) is 49.6 Å². The lowest BCUT2D eigenvalue weighted by Crippen LogP contribution is -2.51. The van der Waals surface area contributed by atoms with Gasteiger partial charge in [0, 0.05) is 38.1 Å². The largest absolute Gasteiger partial charge is 0.340 e. The van der Waals surface area contributed by atoms with E-state index in [2.05, 4.69) is 18.7 Å². The van der Waals surface area contributed by atoms with Crippen LogP contribution in [-0.2, 0) is 4.79 Å². The lowest BCUT2D eigenvalue weighted by atomic mass is 9.94. The Kier molecular flexibility index (Phi) is 5.44. The van der Waals surface area contributed by atoms with Gasteiger partial charge in [-0.25, -0.2) is 0 Å². The summed E-state index contributed by atoms with van der Waals surface area (Å²) >= 11 is 0. The Hall–Kier alpha value is -0.610. The Morgan fingerprint density at radius 3 is 2.30 bits per heavy atom. The highest BCUT2D eigenvalue weighted by molar-refractivity contribution is 5.77. The van der Waals surface area contributed by atoms with Crippen LogP contribution in [0.3, 0.4) is 0 Å². The first kappa shape index (κ1) is 15.8. The maximum atomic E-state index is 12.4. The van der Waals surface area contributed by atoms with Crippen molar-refractivity contribution in [3.63, 3.8) is 0 Å². The molecule has 0 aromatic rings. The number of amides is 1. The van der Waals surface area contributed by atoms with E-state index in [9.17, 15) is 4.79 Å². The first-order chi connectivity index (χ1) is 9.48. The minimum absolute atomic E-state index is 0.203. The second kappa shape index (κ2) is 6.90. The Bertz CT molecular complexity index is 316. The van der Waals surface area contributed by atoms with Crippen molar-refractivity contribution in [3.05, 3.63) is 0 Å². The monoisotopic (exact) mass is 281 g/mol. The smallest absolute Gasteiger partial charge is 0.224 e. The van der Waals surface area contributed by atoms with Crippen LogP contribution in [0.1, 0.15) is 52.4 Å². The molecule has 0 aromatic carbocycles. The van der Waals surface area contributed by atoms with Gasteiger partial charge < -0.3 is 10.6 Å². The number of hydrogen-bond acceptors (Lipinski definition) is 3. The van der Waals surface area contributed by atoms with Crippen molar-refractivity contribution in [1.29, 1.82) is 0 Å². The van der Waals surface area contributed by atoms with Crippen LogP contribution in [0.25, 0.3) is 0 Å². The van der Waals surface area contributed by atoms with E-state index in [1.54, 1.807) is 0 Å². The summed E-state index contributed by atoms with van der Waals surface area (Å²) in [6, 6.07) is 0. The molecule has 2 fully saturated rings. The summed E-state index contributed by atoms with van der Waals surface area (Å²) in [5.41, 5.74) is 6.11. The molecule has 1 aliphatic carbocycles. The fraction of sp³-hybridized carbons (Fsp3) is 0.938. The summed E-state index contributed by atoms with van der Waals surface area (Å²) in [4.78, 5) is 16.9. The molecule has 1 aliphatic heterocycles. The second-order valence-electron chi connectivity index (χ2n) is 7.15. The predicted molar refractivity (Wildman–Crippen MR) is 82.5 cm³/mol. The molecule has 0 radical (unpaired) electrons. The maximum absolute atomic E-state index is 12.4. The fourth-order valence-electron chi connectivity index (χ4n) is 3.33. The zero-order chi connectivity index (χ0) is 14.6. The highest BCUT2D eigenvalue weighted by Gasteiger charge is 2.33. The van der Waals surface area contributed by atoms with E-state index in [0.717, 1.165) is 44.9 Å². The van der Waals surface area contributed by atoms with Gasteiger partial charge in [-0.1, -0.05) is 26.7 Å². The van der Waals surface area contributed by atoms with Crippen molar-refractivity contribution >= 4 is 5.91 Å². The number of hydrogen-bond donors (Lipinski definition) is 1. The van der Waals surface area contributed by atoms with E-state index in [0.29, 0.717) is 6.42 Å². The summed E-state index contributed by atoms with van der Waals surface area (Å²) in [5, 5.41) is 0. The minimum Gasteiger partial charge on any atom is -0.340 e. The van der Waals surface area contributed by atoms with Crippen LogP contribution in [0.4, 0.5) is 0 Å². The molecule has 1 saturated heterocycles. The Balaban J connectivity index is 1.71. The van der Waals surface area contributed by atoms with E-state index in [-0.39, 0.29) is 11.4 Å². The Morgan fingerprint density at radius 2 is 1.75 bits per heavy atom. The first-order valence-electron chi connectivity index (χ1n) is 8.27. The van der Waals surface area contributed by atoms with Gasteiger partial charge in [0.05, 0.1) is 0 Å². The van der Waals surface area contributed by atoms with Crippen LogP contribution in [0.15, 0.2) is 0 Å². The highest BCUT2D eigenvalue weighted by atomic mass is 16.2. The van der Waals surface area contributed by atoms with Gasteiger partial charge >= 0.3 is 0 Å². The van der Waals surface area contributed by atoms with Gasteiger partial charge in [0.25, 0.3) is 0 Å². The number of nitrogens with zero attached hydrogens (tertiary/aromatic N) is 2. The minimum atomic E-state index is -0.203. The van der Waals surface area contributed by atoms with Crippen LogP contribution in [-0.4, -0.2) is 54.0 Å². The molecule has 0 aromatic heterocycles. The molecule has 1 amide bonds. The van der Waals surface area contributed by atoms with Crippen LogP contribution in [0, 0.1) is 5.92 Å². The molecule has 0 bridgehead atoms. The van der Waals surface area contributed by atoms with Crippen molar-refractivity contribution in [2.45, 2.75) is 57.9 Å². The van der Waals surface area contributed by atoms with E-state index >= 15 is 0 Å². The number of carbonyl (C=O) groups is 1. The van der Waals surface area contributed by atoms with Crippen LogP contribution in [0.5, 0.6) is 0 Å². The van der Waals surface area contributed by atoms with E-state index in [4.69, 9.17) is 5.73 Å². The summed E-state index contributed by atoms with van der Waals surface area (Å²) in [7, 11) is 0. The van der Waals surface area contributed by atoms with Gasteiger partial charge in [-0.05, 0) is 31.7 Å². The highest BCUT2D eigenvalue weighted by Crippen LogP contribution is 2.30. The van der Waals surface area contributed by atoms with E-state index < -0.39 is 0 Å². The number of rotatable bonds is 5.